The summed E-state index contributed by atoms with van der Waals surface area (Å²) in [7, 11) is -1.07. The molecule has 0 fully saturated rings. The highest BCUT2D eigenvalue weighted by Gasteiger charge is 2.19. The van der Waals surface area contributed by atoms with Gasteiger partial charge in [0.2, 0.25) is 0 Å². The van der Waals surface area contributed by atoms with Gasteiger partial charge in [0.25, 0.3) is 0 Å². The van der Waals surface area contributed by atoms with Crippen LogP contribution in [0.3, 0.4) is 0 Å². The van der Waals surface area contributed by atoms with E-state index in [1.165, 1.54) is 24.3 Å². The lowest BCUT2D eigenvalue weighted by molar-refractivity contribution is 0.480. The van der Waals surface area contributed by atoms with E-state index in [9.17, 15) is 13.9 Å². The van der Waals surface area contributed by atoms with Gasteiger partial charge >= 0.3 is 0 Å². The minimum atomic E-state index is -1.07. The Morgan fingerprint density at radius 1 is 0.636 bits per heavy atom. The van der Waals surface area contributed by atoms with Crippen molar-refractivity contribution in [1.82, 2.24) is 0 Å². The van der Waals surface area contributed by atoms with E-state index < -0.39 is 7.92 Å². The number of aromatic hydroxyl groups is 1. The molecular weight excluding hydrogens is 301 g/mol. The molecule has 4 heteroatoms. The minimum Gasteiger partial charge on any atom is -0.507 e. The molecule has 3 aromatic rings. The van der Waals surface area contributed by atoms with Crippen LogP contribution in [0.5, 0.6) is 5.75 Å². The Morgan fingerprint density at radius 2 is 1.09 bits per heavy atom. The molecule has 0 aromatic heterocycles. The number of hydrogen-bond donors (Lipinski definition) is 1. The fourth-order valence-electron chi connectivity index (χ4n) is 2.26. The Balaban J connectivity index is 2.16. The van der Waals surface area contributed by atoms with Gasteiger partial charge in [0, 0.05) is 5.30 Å². The maximum absolute atomic E-state index is 13.2. The molecule has 0 spiro atoms. The molecule has 0 atom stereocenters. The summed E-state index contributed by atoms with van der Waals surface area (Å²) in [6.45, 7) is 0. The third-order valence-electron chi connectivity index (χ3n) is 3.29. The van der Waals surface area contributed by atoms with Gasteiger partial charge in [-0.25, -0.2) is 8.78 Å². The highest BCUT2D eigenvalue weighted by molar-refractivity contribution is 7.80. The number of hydrogen-bond acceptors (Lipinski definition) is 1. The Morgan fingerprint density at radius 3 is 1.55 bits per heavy atom. The zero-order valence-electron chi connectivity index (χ0n) is 11.6. The van der Waals surface area contributed by atoms with Gasteiger partial charge in [0.05, 0.1) is 0 Å². The molecule has 0 amide bonds. The van der Waals surface area contributed by atoms with Gasteiger partial charge in [-0.05, 0) is 48.9 Å². The number of phenols is 1. The smallest absolute Gasteiger partial charge is 0.123 e. The van der Waals surface area contributed by atoms with Crippen molar-refractivity contribution in [3.05, 3.63) is 84.4 Å². The fourth-order valence-corrected chi connectivity index (χ4v) is 4.55. The summed E-state index contributed by atoms with van der Waals surface area (Å²) in [5, 5.41) is 12.7. The monoisotopic (exact) mass is 314 g/mol. The second-order valence-electron chi connectivity index (χ2n) is 4.78. The van der Waals surface area contributed by atoms with Gasteiger partial charge in [-0.2, -0.15) is 0 Å². The molecule has 22 heavy (non-hydrogen) atoms. The van der Waals surface area contributed by atoms with Crippen molar-refractivity contribution in [2.75, 3.05) is 0 Å². The van der Waals surface area contributed by atoms with Crippen molar-refractivity contribution in [2.24, 2.45) is 0 Å². The van der Waals surface area contributed by atoms with E-state index in [-0.39, 0.29) is 17.4 Å². The van der Waals surface area contributed by atoms with Crippen molar-refractivity contribution in [3.8, 4) is 5.75 Å². The van der Waals surface area contributed by atoms with Crippen LogP contribution in [-0.4, -0.2) is 5.11 Å². The summed E-state index contributed by atoms with van der Waals surface area (Å²) < 4.78 is 26.4. The molecule has 0 aliphatic carbocycles. The van der Waals surface area contributed by atoms with E-state index in [0.29, 0.717) is 0 Å². The number of halogens is 2. The number of rotatable bonds is 3. The summed E-state index contributed by atoms with van der Waals surface area (Å²) >= 11 is 0. The summed E-state index contributed by atoms with van der Waals surface area (Å²) in [6.07, 6.45) is 0. The zero-order valence-corrected chi connectivity index (χ0v) is 12.5. The molecular formula is C18H13F2OP. The normalized spacial score (nSPS) is 10.9. The topological polar surface area (TPSA) is 20.2 Å². The van der Waals surface area contributed by atoms with Crippen LogP contribution in [-0.2, 0) is 0 Å². The van der Waals surface area contributed by atoms with Gasteiger partial charge in [0.1, 0.15) is 17.4 Å². The second-order valence-corrected chi connectivity index (χ2v) is 6.96. The SMILES string of the molecule is Oc1ccccc1P(c1ccc(F)cc1)c1ccc(F)cc1. The second kappa shape index (κ2) is 6.25. The number of benzene rings is 3. The molecule has 1 N–H and O–H groups in total. The number of para-hydroxylation sites is 1. The maximum Gasteiger partial charge on any atom is 0.123 e. The van der Waals surface area contributed by atoms with Crippen molar-refractivity contribution in [3.63, 3.8) is 0 Å². The van der Waals surface area contributed by atoms with Gasteiger partial charge < -0.3 is 5.11 Å². The summed E-state index contributed by atoms with van der Waals surface area (Å²) in [5.41, 5.74) is 0. The highest BCUT2D eigenvalue weighted by Crippen LogP contribution is 2.36. The Kier molecular flexibility index (Phi) is 4.17. The molecule has 3 rings (SSSR count). The van der Waals surface area contributed by atoms with E-state index in [2.05, 4.69) is 0 Å². The van der Waals surface area contributed by atoms with E-state index in [0.717, 1.165) is 15.9 Å². The molecule has 0 aliphatic rings. The molecule has 0 saturated heterocycles. The average molecular weight is 314 g/mol. The zero-order chi connectivity index (χ0) is 15.5. The fraction of sp³-hybridized carbons (Fsp3) is 0. The van der Waals surface area contributed by atoms with E-state index in [4.69, 9.17) is 0 Å². The lowest BCUT2D eigenvalue weighted by Crippen LogP contribution is -2.21. The molecule has 0 aliphatic heterocycles. The molecule has 0 bridgehead atoms. The van der Waals surface area contributed by atoms with Gasteiger partial charge in [-0.3, -0.25) is 0 Å². The van der Waals surface area contributed by atoms with Crippen LogP contribution >= 0.6 is 7.92 Å². The van der Waals surface area contributed by atoms with Gasteiger partial charge in [-0.1, -0.05) is 42.5 Å². The van der Waals surface area contributed by atoms with Crippen molar-refractivity contribution in [1.29, 1.82) is 0 Å². The average Bonchev–Trinajstić information content (AvgIpc) is 2.53. The standard InChI is InChI=1S/C18H13F2OP/c19-13-5-9-15(10-6-13)22(16-11-7-14(20)8-12-16)18-4-2-1-3-17(18)21/h1-12,21H. The Hall–Kier alpha value is -2.25. The molecule has 0 heterocycles. The third-order valence-corrected chi connectivity index (χ3v) is 5.78. The lowest BCUT2D eigenvalue weighted by Gasteiger charge is -2.20. The first-order valence-electron chi connectivity index (χ1n) is 6.74. The molecule has 1 nitrogen and oxygen atoms in total. The van der Waals surface area contributed by atoms with Crippen LogP contribution in [0.2, 0.25) is 0 Å². The molecule has 0 saturated carbocycles. The minimum absolute atomic E-state index is 0.183. The molecule has 110 valence electrons. The highest BCUT2D eigenvalue weighted by atomic mass is 31.1. The van der Waals surface area contributed by atoms with E-state index >= 15 is 0 Å². The largest absolute Gasteiger partial charge is 0.507 e. The molecule has 3 aromatic carbocycles. The summed E-state index contributed by atoms with van der Waals surface area (Å²) in [4.78, 5) is 0. The quantitative estimate of drug-likeness (QED) is 0.734. The van der Waals surface area contributed by atoms with Crippen molar-refractivity contribution in [2.45, 2.75) is 0 Å². The first-order chi connectivity index (χ1) is 10.6. The van der Waals surface area contributed by atoms with Crippen molar-refractivity contribution >= 4 is 23.8 Å². The predicted molar refractivity (Wildman–Crippen MR) is 86.7 cm³/mol. The van der Waals surface area contributed by atoms with Crippen LogP contribution in [0.25, 0.3) is 0 Å². The van der Waals surface area contributed by atoms with Crippen LogP contribution < -0.4 is 15.9 Å². The first-order valence-corrected chi connectivity index (χ1v) is 8.08. The van der Waals surface area contributed by atoms with Crippen LogP contribution in [0, 0.1) is 11.6 Å². The predicted octanol–water partition coefficient (Wildman–Crippen LogP) is 3.43. The number of phenolic OH excluding ortho intramolecular Hbond substituents is 1. The van der Waals surface area contributed by atoms with Gasteiger partial charge in [-0.15, -0.1) is 0 Å². The van der Waals surface area contributed by atoms with E-state index in [1.807, 2.05) is 12.1 Å². The Bertz CT molecular complexity index is 724. The maximum atomic E-state index is 13.2. The molecule has 0 radical (unpaired) electrons. The molecule has 0 unspecified atom stereocenters. The lowest BCUT2D eigenvalue weighted by atomic mass is 10.3. The van der Waals surface area contributed by atoms with Crippen LogP contribution in [0.15, 0.2) is 72.8 Å². The Labute approximate surface area is 128 Å². The van der Waals surface area contributed by atoms with Gasteiger partial charge in [0.15, 0.2) is 0 Å². The summed E-state index contributed by atoms with van der Waals surface area (Å²) in [5.74, 6) is -0.438. The van der Waals surface area contributed by atoms with Crippen LogP contribution in [0.4, 0.5) is 8.78 Å². The summed E-state index contributed by atoms with van der Waals surface area (Å²) in [6, 6.07) is 19.5. The van der Waals surface area contributed by atoms with E-state index in [1.54, 1.807) is 36.4 Å². The van der Waals surface area contributed by atoms with Crippen LogP contribution in [0.1, 0.15) is 0 Å². The third kappa shape index (κ3) is 3.00. The van der Waals surface area contributed by atoms with Crippen molar-refractivity contribution < 1.29 is 13.9 Å². The first kappa shape index (κ1) is 14.7.